The summed E-state index contributed by atoms with van der Waals surface area (Å²) in [6, 6.07) is 9.26. The topological polar surface area (TPSA) is 23.5 Å². The molecular formula is C13H18NOP. The molecule has 2 bridgehead atoms. The van der Waals surface area contributed by atoms with Crippen LogP contribution >= 0.6 is 9.39 Å². The van der Waals surface area contributed by atoms with E-state index in [1.807, 2.05) is 12.1 Å². The van der Waals surface area contributed by atoms with Gasteiger partial charge in [-0.2, -0.15) is 0 Å². The molecule has 0 aromatic heterocycles. The number of phenolic OH excluding ortho intramolecular Hbond substituents is 1. The Hall–Kier alpha value is -0.590. The fourth-order valence-corrected chi connectivity index (χ4v) is 3.81. The largest absolute Gasteiger partial charge is 0.508 e. The fraction of sp³-hybridized carbons (Fsp3) is 0.538. The first-order valence-electron chi connectivity index (χ1n) is 6.06. The van der Waals surface area contributed by atoms with Crippen molar-refractivity contribution >= 4 is 9.39 Å². The third kappa shape index (κ3) is 1.74. The van der Waals surface area contributed by atoms with Crippen molar-refractivity contribution in [3.63, 3.8) is 0 Å². The average molecular weight is 235 g/mol. The van der Waals surface area contributed by atoms with Crippen LogP contribution in [0.2, 0.25) is 0 Å². The number of nitrogens with zero attached hydrogens (tertiary/aromatic N) is 1. The Bertz CT molecular complexity index is 381. The summed E-state index contributed by atoms with van der Waals surface area (Å²) < 4.78 is 2.47. The summed E-state index contributed by atoms with van der Waals surface area (Å²) in [5.74, 6) is 1.04. The number of phenols is 1. The van der Waals surface area contributed by atoms with Gasteiger partial charge in [-0.05, 0) is 49.3 Å². The lowest BCUT2D eigenvalue weighted by molar-refractivity contribution is 0.244. The normalized spacial score (nSPS) is 34.2. The molecule has 2 aliphatic rings. The molecule has 0 radical (unpaired) electrons. The summed E-state index contributed by atoms with van der Waals surface area (Å²) in [6.07, 6.45) is 5.15. The minimum atomic E-state index is 0.401. The maximum atomic E-state index is 9.53. The van der Waals surface area contributed by atoms with Crippen LogP contribution in [0, 0.1) is 0 Å². The summed E-state index contributed by atoms with van der Waals surface area (Å²) in [6.45, 7) is 0. The van der Waals surface area contributed by atoms with E-state index in [9.17, 15) is 5.11 Å². The van der Waals surface area contributed by atoms with Crippen LogP contribution in [-0.4, -0.2) is 21.9 Å². The molecule has 2 heterocycles. The minimum absolute atomic E-state index is 0.401. The molecule has 0 saturated carbocycles. The van der Waals surface area contributed by atoms with Gasteiger partial charge in [-0.25, -0.2) is 0 Å². The van der Waals surface area contributed by atoms with Crippen LogP contribution in [0.25, 0.3) is 0 Å². The van der Waals surface area contributed by atoms with Gasteiger partial charge in [-0.3, -0.25) is 4.67 Å². The van der Waals surface area contributed by atoms with Gasteiger partial charge < -0.3 is 5.11 Å². The SMILES string of the molecule is Oc1cccc(C2CC3CCC(C2)N3P)c1. The van der Waals surface area contributed by atoms with Gasteiger partial charge in [0.15, 0.2) is 0 Å². The predicted molar refractivity (Wildman–Crippen MR) is 68.4 cm³/mol. The van der Waals surface area contributed by atoms with Crippen molar-refractivity contribution in [2.45, 2.75) is 43.7 Å². The van der Waals surface area contributed by atoms with Crippen LogP contribution in [-0.2, 0) is 0 Å². The van der Waals surface area contributed by atoms with Crippen molar-refractivity contribution < 1.29 is 5.11 Å². The minimum Gasteiger partial charge on any atom is -0.508 e. The molecule has 0 aliphatic carbocycles. The second-order valence-electron chi connectivity index (χ2n) is 5.10. The quantitative estimate of drug-likeness (QED) is 0.756. The molecule has 86 valence electrons. The Morgan fingerprint density at radius 3 is 2.50 bits per heavy atom. The maximum Gasteiger partial charge on any atom is 0.115 e. The van der Waals surface area contributed by atoms with Crippen molar-refractivity contribution in [1.29, 1.82) is 0 Å². The molecule has 3 heteroatoms. The smallest absolute Gasteiger partial charge is 0.115 e. The highest BCUT2D eigenvalue weighted by molar-refractivity contribution is 7.13. The molecule has 16 heavy (non-hydrogen) atoms. The second-order valence-corrected chi connectivity index (χ2v) is 5.69. The maximum absolute atomic E-state index is 9.53. The predicted octanol–water partition coefficient (Wildman–Crippen LogP) is 2.89. The first-order valence-corrected chi connectivity index (χ1v) is 6.57. The molecule has 2 nitrogen and oxygen atoms in total. The number of aromatic hydroxyl groups is 1. The first-order chi connectivity index (χ1) is 7.74. The summed E-state index contributed by atoms with van der Waals surface area (Å²) in [5, 5.41) is 9.53. The fourth-order valence-electron chi connectivity index (χ4n) is 3.26. The Morgan fingerprint density at radius 2 is 1.88 bits per heavy atom. The summed E-state index contributed by atoms with van der Waals surface area (Å²) in [5.41, 5.74) is 1.31. The molecule has 3 rings (SSSR count). The van der Waals surface area contributed by atoms with E-state index in [2.05, 4.69) is 20.1 Å². The Labute approximate surface area is 98.9 Å². The van der Waals surface area contributed by atoms with Gasteiger partial charge in [0, 0.05) is 12.1 Å². The molecule has 1 aromatic carbocycles. The number of piperidine rings is 1. The van der Waals surface area contributed by atoms with Crippen molar-refractivity contribution in [2.24, 2.45) is 0 Å². The van der Waals surface area contributed by atoms with Crippen molar-refractivity contribution in [2.75, 3.05) is 0 Å². The van der Waals surface area contributed by atoms with Crippen LogP contribution in [0.3, 0.4) is 0 Å². The molecule has 0 spiro atoms. The van der Waals surface area contributed by atoms with Gasteiger partial charge in [0.25, 0.3) is 0 Å². The van der Waals surface area contributed by atoms with Gasteiger partial charge in [-0.15, -0.1) is 0 Å². The van der Waals surface area contributed by atoms with Gasteiger partial charge in [0.2, 0.25) is 0 Å². The number of hydrogen-bond donors (Lipinski definition) is 1. The van der Waals surface area contributed by atoms with Gasteiger partial charge in [0.1, 0.15) is 5.75 Å². The van der Waals surface area contributed by atoms with Crippen LogP contribution in [0.5, 0.6) is 5.75 Å². The third-order valence-corrected chi connectivity index (χ3v) is 4.97. The highest BCUT2D eigenvalue weighted by Crippen LogP contribution is 2.44. The van der Waals surface area contributed by atoms with Crippen molar-refractivity contribution in [3.8, 4) is 5.75 Å². The van der Waals surface area contributed by atoms with Crippen LogP contribution in [0.15, 0.2) is 24.3 Å². The highest BCUT2D eigenvalue weighted by atomic mass is 31.0. The number of rotatable bonds is 1. The van der Waals surface area contributed by atoms with Gasteiger partial charge >= 0.3 is 0 Å². The molecule has 2 aliphatic heterocycles. The van der Waals surface area contributed by atoms with Crippen LogP contribution < -0.4 is 0 Å². The average Bonchev–Trinajstić information content (AvgIpc) is 2.53. The Morgan fingerprint density at radius 1 is 1.19 bits per heavy atom. The van der Waals surface area contributed by atoms with E-state index in [1.54, 1.807) is 6.07 Å². The van der Waals surface area contributed by atoms with E-state index in [0.29, 0.717) is 11.7 Å². The van der Waals surface area contributed by atoms with E-state index >= 15 is 0 Å². The van der Waals surface area contributed by atoms with E-state index < -0.39 is 0 Å². The monoisotopic (exact) mass is 235 g/mol. The molecule has 2 saturated heterocycles. The molecule has 2 fully saturated rings. The zero-order chi connectivity index (χ0) is 11.1. The summed E-state index contributed by atoms with van der Waals surface area (Å²) in [7, 11) is 2.89. The number of fused-ring (bicyclic) bond motifs is 2. The lowest BCUT2D eigenvalue weighted by atomic mass is 9.86. The van der Waals surface area contributed by atoms with E-state index in [0.717, 1.165) is 12.1 Å². The molecule has 3 atom stereocenters. The molecule has 3 unspecified atom stereocenters. The van der Waals surface area contributed by atoms with Crippen molar-refractivity contribution in [3.05, 3.63) is 29.8 Å². The van der Waals surface area contributed by atoms with Gasteiger partial charge in [0.05, 0.1) is 0 Å². The molecule has 0 amide bonds. The summed E-state index contributed by atoms with van der Waals surface area (Å²) >= 11 is 0. The van der Waals surface area contributed by atoms with E-state index in [-0.39, 0.29) is 0 Å². The van der Waals surface area contributed by atoms with E-state index in [1.165, 1.54) is 31.2 Å². The van der Waals surface area contributed by atoms with E-state index in [4.69, 9.17) is 0 Å². The zero-order valence-electron chi connectivity index (χ0n) is 9.34. The lowest BCUT2D eigenvalue weighted by Gasteiger charge is -2.36. The highest BCUT2D eigenvalue weighted by Gasteiger charge is 2.38. The van der Waals surface area contributed by atoms with Crippen LogP contribution in [0.1, 0.15) is 37.2 Å². The first kappa shape index (κ1) is 10.6. The second kappa shape index (κ2) is 4.01. The summed E-state index contributed by atoms with van der Waals surface area (Å²) in [4.78, 5) is 0. The third-order valence-electron chi connectivity index (χ3n) is 4.13. The van der Waals surface area contributed by atoms with Crippen LogP contribution in [0.4, 0.5) is 0 Å². The molecule has 1 N–H and O–H groups in total. The Balaban J connectivity index is 1.83. The van der Waals surface area contributed by atoms with Gasteiger partial charge in [-0.1, -0.05) is 21.5 Å². The zero-order valence-corrected chi connectivity index (χ0v) is 10.5. The molecular weight excluding hydrogens is 217 g/mol. The number of benzene rings is 1. The van der Waals surface area contributed by atoms with Crippen molar-refractivity contribution in [1.82, 2.24) is 4.67 Å². The lowest BCUT2D eigenvalue weighted by Crippen LogP contribution is -2.34. The number of hydrogen-bond acceptors (Lipinski definition) is 2. The standard InChI is InChI=1S/C13H18NOP/c15-13-3-1-2-9(8-13)10-6-11-4-5-12(7-10)14(11)16/h1-3,8,10-12,15H,4-7,16H2. The molecule has 1 aromatic rings. The Kier molecular flexibility index (Phi) is 2.65.